The molecular formula is C12H22N2O4. The molecule has 1 heterocycles. The molecule has 0 saturated carbocycles. The monoisotopic (exact) mass is 258 g/mol. The molecule has 1 rings (SSSR count). The summed E-state index contributed by atoms with van der Waals surface area (Å²) in [5.74, 6) is -0.980. The molecule has 0 aliphatic carbocycles. The molecule has 0 aromatic rings. The Labute approximate surface area is 107 Å². The van der Waals surface area contributed by atoms with Gasteiger partial charge in [-0.05, 0) is 20.8 Å². The van der Waals surface area contributed by atoms with Crippen LogP contribution >= 0.6 is 0 Å². The van der Waals surface area contributed by atoms with E-state index in [2.05, 4.69) is 5.32 Å². The molecule has 0 aromatic carbocycles. The van der Waals surface area contributed by atoms with Crippen LogP contribution in [-0.2, 0) is 14.3 Å². The van der Waals surface area contributed by atoms with Crippen LogP contribution in [0.2, 0.25) is 0 Å². The van der Waals surface area contributed by atoms with E-state index in [-0.39, 0.29) is 30.5 Å². The maximum atomic E-state index is 12.1. The molecule has 104 valence electrons. The molecule has 0 spiro atoms. The molecule has 6 heteroatoms. The fourth-order valence-corrected chi connectivity index (χ4v) is 1.80. The van der Waals surface area contributed by atoms with E-state index in [9.17, 15) is 9.59 Å². The van der Waals surface area contributed by atoms with E-state index in [0.717, 1.165) is 0 Å². The van der Waals surface area contributed by atoms with Gasteiger partial charge in [-0.25, -0.2) is 0 Å². The number of morpholine rings is 1. The van der Waals surface area contributed by atoms with Crippen LogP contribution in [0.25, 0.3) is 0 Å². The van der Waals surface area contributed by atoms with E-state index in [1.54, 1.807) is 4.90 Å². The lowest BCUT2D eigenvalue weighted by Crippen LogP contribution is -2.53. The molecule has 1 aliphatic rings. The van der Waals surface area contributed by atoms with Crippen molar-refractivity contribution in [3.63, 3.8) is 0 Å². The van der Waals surface area contributed by atoms with Crippen molar-refractivity contribution in [2.75, 3.05) is 26.3 Å². The standard InChI is InChI=1S/C12H22N2O4/c1-12(2,3)13-7-10(15)14-4-5-18-8-9(14)6-11(16)17/h9,13H,4-8H2,1-3H3,(H,16,17). The number of ether oxygens (including phenoxy) is 1. The molecule has 1 aliphatic heterocycles. The number of carboxylic acid groups (broad SMARTS) is 1. The number of hydrogen-bond donors (Lipinski definition) is 2. The zero-order valence-corrected chi connectivity index (χ0v) is 11.2. The van der Waals surface area contributed by atoms with Gasteiger partial charge in [0.05, 0.1) is 32.2 Å². The van der Waals surface area contributed by atoms with E-state index >= 15 is 0 Å². The summed E-state index contributed by atoms with van der Waals surface area (Å²) in [6, 6.07) is -0.356. The summed E-state index contributed by atoms with van der Waals surface area (Å²) in [4.78, 5) is 24.4. The van der Waals surface area contributed by atoms with Crippen molar-refractivity contribution in [3.8, 4) is 0 Å². The third-order valence-corrected chi connectivity index (χ3v) is 2.73. The maximum absolute atomic E-state index is 12.1. The first kappa shape index (κ1) is 14.9. The highest BCUT2D eigenvalue weighted by Crippen LogP contribution is 2.11. The summed E-state index contributed by atoms with van der Waals surface area (Å²) in [7, 11) is 0. The fraction of sp³-hybridized carbons (Fsp3) is 0.833. The molecule has 0 aromatic heterocycles. The van der Waals surface area contributed by atoms with Crippen LogP contribution in [0.5, 0.6) is 0 Å². The predicted octanol–water partition coefficient (Wildman–Crippen LogP) is 0.0766. The number of amides is 1. The Morgan fingerprint density at radius 3 is 2.67 bits per heavy atom. The van der Waals surface area contributed by atoms with Gasteiger partial charge in [-0.3, -0.25) is 9.59 Å². The summed E-state index contributed by atoms with van der Waals surface area (Å²) in [6.45, 7) is 7.39. The lowest BCUT2D eigenvalue weighted by atomic mass is 10.1. The Bertz CT molecular complexity index is 312. The topological polar surface area (TPSA) is 78.9 Å². The Hall–Kier alpha value is -1.14. The number of aliphatic carboxylic acids is 1. The minimum Gasteiger partial charge on any atom is -0.481 e. The highest BCUT2D eigenvalue weighted by atomic mass is 16.5. The van der Waals surface area contributed by atoms with E-state index in [4.69, 9.17) is 9.84 Å². The number of hydrogen-bond acceptors (Lipinski definition) is 4. The van der Waals surface area contributed by atoms with Gasteiger partial charge in [0, 0.05) is 12.1 Å². The van der Waals surface area contributed by atoms with Crippen LogP contribution in [0, 0.1) is 0 Å². The number of carboxylic acids is 1. The molecule has 1 saturated heterocycles. The third-order valence-electron chi connectivity index (χ3n) is 2.73. The largest absolute Gasteiger partial charge is 0.481 e. The number of carbonyl (C=O) groups excluding carboxylic acids is 1. The van der Waals surface area contributed by atoms with Crippen LogP contribution < -0.4 is 5.32 Å². The van der Waals surface area contributed by atoms with Gasteiger partial charge in [0.2, 0.25) is 5.91 Å². The molecule has 18 heavy (non-hydrogen) atoms. The minimum atomic E-state index is -0.910. The van der Waals surface area contributed by atoms with Gasteiger partial charge in [-0.2, -0.15) is 0 Å². The van der Waals surface area contributed by atoms with Gasteiger partial charge in [-0.1, -0.05) is 0 Å². The molecule has 6 nitrogen and oxygen atoms in total. The van der Waals surface area contributed by atoms with Crippen molar-refractivity contribution in [1.29, 1.82) is 0 Å². The molecule has 1 amide bonds. The van der Waals surface area contributed by atoms with Gasteiger partial charge in [0.25, 0.3) is 0 Å². The highest BCUT2D eigenvalue weighted by molar-refractivity contribution is 5.79. The molecule has 1 fully saturated rings. The van der Waals surface area contributed by atoms with Crippen molar-refractivity contribution in [3.05, 3.63) is 0 Å². The summed E-state index contributed by atoms with van der Waals surface area (Å²) in [5.41, 5.74) is -0.135. The second kappa shape index (κ2) is 6.15. The number of nitrogens with one attached hydrogen (secondary N) is 1. The van der Waals surface area contributed by atoms with Gasteiger partial charge in [0.15, 0.2) is 0 Å². The van der Waals surface area contributed by atoms with Gasteiger partial charge in [-0.15, -0.1) is 0 Å². The van der Waals surface area contributed by atoms with Crippen molar-refractivity contribution in [2.45, 2.75) is 38.8 Å². The summed E-state index contributed by atoms with van der Waals surface area (Å²) >= 11 is 0. The van der Waals surface area contributed by atoms with Crippen LogP contribution in [0.1, 0.15) is 27.2 Å². The van der Waals surface area contributed by atoms with Crippen LogP contribution in [0.3, 0.4) is 0 Å². The fourth-order valence-electron chi connectivity index (χ4n) is 1.80. The van der Waals surface area contributed by atoms with Crippen molar-refractivity contribution >= 4 is 11.9 Å². The van der Waals surface area contributed by atoms with Crippen molar-refractivity contribution < 1.29 is 19.4 Å². The van der Waals surface area contributed by atoms with Gasteiger partial charge >= 0.3 is 5.97 Å². The van der Waals surface area contributed by atoms with Crippen LogP contribution in [-0.4, -0.2) is 59.8 Å². The van der Waals surface area contributed by atoms with Crippen LogP contribution in [0.15, 0.2) is 0 Å². The second-order valence-corrected chi connectivity index (χ2v) is 5.52. The molecule has 0 bridgehead atoms. The van der Waals surface area contributed by atoms with Crippen LogP contribution in [0.4, 0.5) is 0 Å². The summed E-state index contributed by atoms with van der Waals surface area (Å²) in [5, 5.41) is 11.9. The first-order chi connectivity index (χ1) is 8.29. The quantitative estimate of drug-likeness (QED) is 0.746. The Morgan fingerprint density at radius 1 is 1.44 bits per heavy atom. The number of carbonyl (C=O) groups is 2. The van der Waals surface area contributed by atoms with Gasteiger partial charge in [0.1, 0.15) is 0 Å². The van der Waals surface area contributed by atoms with E-state index in [1.165, 1.54) is 0 Å². The number of rotatable bonds is 4. The Morgan fingerprint density at radius 2 is 2.11 bits per heavy atom. The Kier molecular flexibility index (Phi) is 5.10. The van der Waals surface area contributed by atoms with Crippen molar-refractivity contribution in [2.24, 2.45) is 0 Å². The smallest absolute Gasteiger partial charge is 0.305 e. The first-order valence-electron chi connectivity index (χ1n) is 6.13. The van der Waals surface area contributed by atoms with E-state index in [0.29, 0.717) is 19.8 Å². The average Bonchev–Trinajstić information content (AvgIpc) is 2.25. The summed E-state index contributed by atoms with van der Waals surface area (Å²) in [6.07, 6.45) is -0.0682. The van der Waals surface area contributed by atoms with E-state index in [1.807, 2.05) is 20.8 Å². The van der Waals surface area contributed by atoms with Crippen molar-refractivity contribution in [1.82, 2.24) is 10.2 Å². The predicted molar refractivity (Wildman–Crippen MR) is 66.3 cm³/mol. The normalized spacial score (nSPS) is 20.8. The molecular weight excluding hydrogens is 236 g/mol. The average molecular weight is 258 g/mol. The molecule has 1 atom stereocenters. The van der Waals surface area contributed by atoms with E-state index < -0.39 is 5.97 Å². The lowest BCUT2D eigenvalue weighted by molar-refractivity contribution is -0.146. The molecule has 0 radical (unpaired) electrons. The number of nitrogens with zero attached hydrogens (tertiary/aromatic N) is 1. The molecule has 2 N–H and O–H groups in total. The lowest BCUT2D eigenvalue weighted by Gasteiger charge is -2.35. The first-order valence-corrected chi connectivity index (χ1v) is 6.13. The van der Waals surface area contributed by atoms with Gasteiger partial charge < -0.3 is 20.1 Å². The third kappa shape index (κ3) is 5.01. The minimum absolute atomic E-state index is 0.0682. The molecule has 1 unspecified atom stereocenters. The Balaban J connectivity index is 2.54. The summed E-state index contributed by atoms with van der Waals surface area (Å²) < 4.78 is 5.23. The SMILES string of the molecule is CC(C)(C)NCC(=O)N1CCOCC1CC(=O)O. The zero-order chi connectivity index (χ0) is 13.8. The zero-order valence-electron chi connectivity index (χ0n) is 11.2. The highest BCUT2D eigenvalue weighted by Gasteiger charge is 2.29. The maximum Gasteiger partial charge on any atom is 0.305 e. The second-order valence-electron chi connectivity index (χ2n) is 5.52.